The number of esters is 1. The largest absolute Gasteiger partial charge is 0.451 e. The van der Waals surface area contributed by atoms with Gasteiger partial charge in [-0.05, 0) is 48.9 Å². The Balaban J connectivity index is 1.30. The fraction of sp³-hybridized carbons (Fsp3) is 0.286. The van der Waals surface area contributed by atoms with Gasteiger partial charge >= 0.3 is 5.97 Å². The number of nitrogens with one attached hydrogen (secondary N) is 1. The van der Waals surface area contributed by atoms with Gasteiger partial charge in [-0.1, -0.05) is 0 Å². The molecule has 0 radical (unpaired) electrons. The summed E-state index contributed by atoms with van der Waals surface area (Å²) < 4.78 is 12.2. The van der Waals surface area contributed by atoms with Crippen LogP contribution in [0.3, 0.4) is 0 Å². The standard InChI is InChI=1S/C21H22N4O4/c1-15-6-7-25-13-18(23-19(25)12-15)21(27)29-14-20(26)22-16-2-4-17(5-3-16)24-8-10-28-11-9-24/h2-7,12-13H,8-11,14H2,1H3,(H,22,26). The number of anilines is 2. The van der Waals surface area contributed by atoms with Crippen molar-refractivity contribution in [1.82, 2.24) is 9.38 Å². The molecule has 0 unspecified atom stereocenters. The molecule has 4 rings (SSSR count). The maximum absolute atomic E-state index is 12.2. The second-order valence-corrected chi connectivity index (χ2v) is 6.87. The molecule has 8 heteroatoms. The molecule has 1 fully saturated rings. The molecule has 1 amide bonds. The smallest absolute Gasteiger partial charge is 0.359 e. The molecule has 3 heterocycles. The third kappa shape index (κ3) is 4.55. The first-order chi connectivity index (χ1) is 14.1. The van der Waals surface area contributed by atoms with E-state index in [0.717, 1.165) is 37.6 Å². The van der Waals surface area contributed by atoms with Gasteiger partial charge in [0.1, 0.15) is 5.65 Å². The van der Waals surface area contributed by atoms with Crippen molar-refractivity contribution in [3.05, 3.63) is 60.0 Å². The number of aromatic nitrogens is 2. The van der Waals surface area contributed by atoms with Gasteiger partial charge in [0.25, 0.3) is 5.91 Å². The van der Waals surface area contributed by atoms with Gasteiger partial charge in [-0.25, -0.2) is 9.78 Å². The predicted octanol–water partition coefficient (Wildman–Crippen LogP) is 2.27. The van der Waals surface area contributed by atoms with Gasteiger partial charge in [-0.3, -0.25) is 4.79 Å². The highest BCUT2D eigenvalue weighted by Gasteiger charge is 2.15. The number of pyridine rings is 1. The van der Waals surface area contributed by atoms with Crippen molar-refractivity contribution in [2.24, 2.45) is 0 Å². The highest BCUT2D eigenvalue weighted by molar-refractivity contribution is 5.95. The van der Waals surface area contributed by atoms with Crippen LogP contribution in [-0.4, -0.2) is 54.2 Å². The molecule has 1 aliphatic rings. The zero-order valence-corrected chi connectivity index (χ0v) is 16.1. The number of carbonyl (C=O) groups is 2. The van der Waals surface area contributed by atoms with Gasteiger partial charge in [-0.2, -0.15) is 0 Å². The van der Waals surface area contributed by atoms with Crippen molar-refractivity contribution in [3.8, 4) is 0 Å². The van der Waals surface area contributed by atoms with Crippen LogP contribution in [0.4, 0.5) is 11.4 Å². The summed E-state index contributed by atoms with van der Waals surface area (Å²) in [4.78, 5) is 30.8. The van der Waals surface area contributed by atoms with Crippen LogP contribution in [-0.2, 0) is 14.3 Å². The Hall–Kier alpha value is -3.39. The fourth-order valence-electron chi connectivity index (χ4n) is 3.16. The lowest BCUT2D eigenvalue weighted by atomic mass is 10.2. The molecule has 1 saturated heterocycles. The number of hydrogen-bond donors (Lipinski definition) is 1. The van der Waals surface area contributed by atoms with Crippen LogP contribution in [0.2, 0.25) is 0 Å². The molecule has 150 valence electrons. The Labute approximate surface area is 168 Å². The molecular formula is C21H22N4O4. The number of morpholine rings is 1. The Bertz CT molecular complexity index is 1020. The summed E-state index contributed by atoms with van der Waals surface area (Å²) in [7, 11) is 0. The molecular weight excluding hydrogens is 372 g/mol. The summed E-state index contributed by atoms with van der Waals surface area (Å²) in [5, 5.41) is 2.73. The van der Waals surface area contributed by atoms with Gasteiger partial charge < -0.3 is 24.1 Å². The Morgan fingerprint density at radius 1 is 1.17 bits per heavy atom. The van der Waals surface area contributed by atoms with Gasteiger partial charge in [-0.15, -0.1) is 0 Å². The molecule has 1 aromatic carbocycles. The molecule has 29 heavy (non-hydrogen) atoms. The maximum Gasteiger partial charge on any atom is 0.359 e. The number of imidazole rings is 1. The summed E-state index contributed by atoms with van der Waals surface area (Å²) in [6, 6.07) is 11.3. The maximum atomic E-state index is 12.2. The summed E-state index contributed by atoms with van der Waals surface area (Å²) in [6.45, 7) is 4.71. The average Bonchev–Trinajstić information content (AvgIpc) is 3.16. The number of rotatable bonds is 5. The molecule has 0 atom stereocenters. The first-order valence-electron chi connectivity index (χ1n) is 9.43. The number of carbonyl (C=O) groups excluding carboxylic acids is 2. The lowest BCUT2D eigenvalue weighted by Crippen LogP contribution is -2.36. The molecule has 0 spiro atoms. The molecule has 0 aliphatic carbocycles. The molecule has 1 N–H and O–H groups in total. The van der Waals surface area contributed by atoms with Crippen LogP contribution < -0.4 is 10.2 Å². The van der Waals surface area contributed by atoms with E-state index in [1.165, 1.54) is 0 Å². The van der Waals surface area contributed by atoms with E-state index < -0.39 is 11.9 Å². The number of nitrogens with zero attached hydrogens (tertiary/aromatic N) is 3. The van der Waals surface area contributed by atoms with E-state index in [1.54, 1.807) is 10.6 Å². The highest BCUT2D eigenvalue weighted by Crippen LogP contribution is 2.19. The van der Waals surface area contributed by atoms with Crippen molar-refractivity contribution < 1.29 is 19.1 Å². The van der Waals surface area contributed by atoms with Crippen molar-refractivity contribution in [2.75, 3.05) is 43.1 Å². The fourth-order valence-corrected chi connectivity index (χ4v) is 3.16. The third-order valence-electron chi connectivity index (χ3n) is 4.69. The number of hydrogen-bond acceptors (Lipinski definition) is 6. The van der Waals surface area contributed by atoms with Crippen LogP contribution in [0.5, 0.6) is 0 Å². The van der Waals surface area contributed by atoms with E-state index in [1.807, 2.05) is 49.5 Å². The molecule has 0 saturated carbocycles. The minimum absolute atomic E-state index is 0.165. The van der Waals surface area contributed by atoms with Crippen LogP contribution in [0.15, 0.2) is 48.8 Å². The summed E-state index contributed by atoms with van der Waals surface area (Å²) in [6.07, 6.45) is 3.40. The van der Waals surface area contributed by atoms with Crippen molar-refractivity contribution in [1.29, 1.82) is 0 Å². The zero-order valence-electron chi connectivity index (χ0n) is 16.1. The number of fused-ring (bicyclic) bond motifs is 1. The minimum atomic E-state index is -0.635. The van der Waals surface area contributed by atoms with Gasteiger partial charge in [0.05, 0.1) is 13.2 Å². The second kappa shape index (κ2) is 8.32. The van der Waals surface area contributed by atoms with Gasteiger partial charge in [0.15, 0.2) is 12.3 Å². The number of amides is 1. The monoisotopic (exact) mass is 394 g/mol. The van der Waals surface area contributed by atoms with E-state index in [2.05, 4.69) is 15.2 Å². The summed E-state index contributed by atoms with van der Waals surface area (Å²) >= 11 is 0. The summed E-state index contributed by atoms with van der Waals surface area (Å²) in [5.74, 6) is -1.04. The summed E-state index contributed by atoms with van der Waals surface area (Å²) in [5.41, 5.74) is 3.59. The second-order valence-electron chi connectivity index (χ2n) is 6.87. The van der Waals surface area contributed by atoms with E-state index in [9.17, 15) is 9.59 Å². The number of benzene rings is 1. The topological polar surface area (TPSA) is 85.2 Å². The van der Waals surface area contributed by atoms with E-state index >= 15 is 0 Å². The first kappa shape index (κ1) is 18.9. The lowest BCUT2D eigenvalue weighted by molar-refractivity contribution is -0.119. The SMILES string of the molecule is Cc1ccn2cc(C(=O)OCC(=O)Nc3ccc(N4CCOCC4)cc3)nc2c1. The lowest BCUT2D eigenvalue weighted by Gasteiger charge is -2.28. The first-order valence-corrected chi connectivity index (χ1v) is 9.43. The van der Waals surface area contributed by atoms with Gasteiger partial charge in [0, 0.05) is 36.9 Å². The molecule has 8 nitrogen and oxygen atoms in total. The van der Waals surface area contributed by atoms with Crippen LogP contribution >= 0.6 is 0 Å². The minimum Gasteiger partial charge on any atom is -0.451 e. The zero-order chi connectivity index (χ0) is 20.2. The van der Waals surface area contributed by atoms with E-state index in [4.69, 9.17) is 9.47 Å². The third-order valence-corrected chi connectivity index (χ3v) is 4.69. The molecule has 0 bridgehead atoms. The van der Waals surface area contributed by atoms with Gasteiger partial charge in [0.2, 0.25) is 0 Å². The Kier molecular flexibility index (Phi) is 5.44. The predicted molar refractivity (Wildman–Crippen MR) is 108 cm³/mol. The highest BCUT2D eigenvalue weighted by atomic mass is 16.5. The molecule has 3 aromatic rings. The van der Waals surface area contributed by atoms with Crippen molar-refractivity contribution in [3.63, 3.8) is 0 Å². The van der Waals surface area contributed by atoms with E-state index in [-0.39, 0.29) is 12.3 Å². The van der Waals surface area contributed by atoms with Crippen LogP contribution in [0.25, 0.3) is 5.65 Å². The molecule has 2 aromatic heterocycles. The van der Waals surface area contributed by atoms with E-state index in [0.29, 0.717) is 11.3 Å². The Morgan fingerprint density at radius 3 is 2.69 bits per heavy atom. The average molecular weight is 394 g/mol. The number of ether oxygens (including phenoxy) is 2. The number of aryl methyl sites for hydroxylation is 1. The van der Waals surface area contributed by atoms with Crippen LogP contribution in [0, 0.1) is 6.92 Å². The van der Waals surface area contributed by atoms with Crippen molar-refractivity contribution >= 4 is 28.9 Å². The molecule has 1 aliphatic heterocycles. The normalized spacial score (nSPS) is 14.0. The van der Waals surface area contributed by atoms with Crippen LogP contribution in [0.1, 0.15) is 16.1 Å². The quantitative estimate of drug-likeness (QED) is 0.669. The Morgan fingerprint density at radius 2 is 1.93 bits per heavy atom. The van der Waals surface area contributed by atoms with Crippen molar-refractivity contribution in [2.45, 2.75) is 6.92 Å².